The fraction of sp³-hybridized carbons (Fsp3) is 0.364. The average Bonchev–Trinajstić information content (AvgIpc) is 2.34. The number of hydrogen-bond acceptors (Lipinski definition) is 3. The predicted octanol–water partition coefficient (Wildman–Crippen LogP) is 1.60. The zero-order chi connectivity index (χ0) is 11.7. The Morgan fingerprint density at radius 1 is 1.33 bits per heavy atom. The monoisotopic (exact) mass is 210 g/mol. The molecule has 0 fully saturated rings. The van der Waals surface area contributed by atoms with E-state index in [1.165, 1.54) is 5.56 Å². The van der Waals surface area contributed by atoms with Crippen LogP contribution in [0.3, 0.4) is 0 Å². The smallest absolute Gasteiger partial charge is 0.166 e. The summed E-state index contributed by atoms with van der Waals surface area (Å²) in [5, 5.41) is 3.51. The number of nitrogens with zero attached hydrogens (tertiary/aromatic N) is 1. The Morgan fingerprint density at radius 2 is 1.87 bits per heavy atom. The third-order valence-corrected chi connectivity index (χ3v) is 1.90. The summed E-state index contributed by atoms with van der Waals surface area (Å²) in [5.74, 6) is 10.8. The summed E-state index contributed by atoms with van der Waals surface area (Å²) in [7, 11) is 0. The summed E-state index contributed by atoms with van der Waals surface area (Å²) in [6.45, 7) is 6.11. The summed E-state index contributed by atoms with van der Waals surface area (Å²) in [6.07, 6.45) is 1.02. The van der Waals surface area contributed by atoms with Gasteiger partial charge in [-0.2, -0.15) is 5.10 Å². The lowest BCUT2D eigenvalue weighted by Gasteiger charge is -2.04. The van der Waals surface area contributed by atoms with Crippen molar-refractivity contribution in [2.75, 3.05) is 0 Å². The van der Waals surface area contributed by atoms with E-state index in [1.54, 1.807) is 0 Å². The quantitative estimate of drug-likeness (QED) is 0.300. The molecule has 0 heterocycles. The van der Waals surface area contributed by atoms with Gasteiger partial charge in [0.2, 0.25) is 0 Å². The van der Waals surface area contributed by atoms with Crippen LogP contribution in [0.15, 0.2) is 29.4 Å². The third-order valence-electron chi connectivity index (χ3n) is 1.90. The Balaban J connectivity index is 0. The summed E-state index contributed by atoms with van der Waals surface area (Å²) >= 11 is 0. The molecule has 4 heteroatoms. The first-order chi connectivity index (χ1) is 7.31. The van der Waals surface area contributed by atoms with Gasteiger partial charge in [0.15, 0.2) is 5.84 Å². The molecule has 0 saturated heterocycles. The van der Waals surface area contributed by atoms with Crippen molar-refractivity contribution in [2.24, 2.45) is 16.8 Å². The molecule has 0 atom stereocenters. The first kappa shape index (κ1) is 13.4. The van der Waals surface area contributed by atoms with E-state index >= 15 is 0 Å². The second kappa shape index (κ2) is 7.82. The Kier molecular flexibility index (Phi) is 7.01. The number of amidine groups is 1. The lowest BCUT2D eigenvalue weighted by Crippen LogP contribution is -2.31. The van der Waals surface area contributed by atoms with Gasteiger partial charge in [-0.25, -0.2) is 5.84 Å². The normalized spacial score (nSPS) is 10.3. The van der Waals surface area contributed by atoms with E-state index in [4.69, 9.17) is 11.7 Å². The molecule has 0 radical (unpaired) electrons. The highest BCUT2D eigenvalue weighted by molar-refractivity contribution is 5.98. The molecule has 5 N–H and O–H groups in total. The molecule has 0 aliphatic rings. The minimum Gasteiger partial charge on any atom is -0.321 e. The number of rotatable bonds is 2. The first-order valence-electron chi connectivity index (χ1n) is 5.15. The van der Waals surface area contributed by atoms with Crippen molar-refractivity contribution in [3.8, 4) is 0 Å². The van der Waals surface area contributed by atoms with Crippen molar-refractivity contribution in [3.05, 3.63) is 35.4 Å². The van der Waals surface area contributed by atoms with Crippen molar-refractivity contribution < 1.29 is 1.43 Å². The molecule has 1 rings (SSSR count). The van der Waals surface area contributed by atoms with Gasteiger partial charge >= 0.3 is 0 Å². The lowest BCUT2D eigenvalue weighted by atomic mass is 10.1. The van der Waals surface area contributed by atoms with Crippen LogP contribution in [0.5, 0.6) is 0 Å². The Hall–Kier alpha value is -1.55. The molecule has 0 aromatic heterocycles. The molecule has 1 aromatic rings. The minimum atomic E-state index is 0. The predicted molar refractivity (Wildman–Crippen MR) is 67.3 cm³/mol. The van der Waals surface area contributed by atoms with Crippen molar-refractivity contribution in [1.82, 2.24) is 5.43 Å². The van der Waals surface area contributed by atoms with E-state index in [9.17, 15) is 0 Å². The largest absolute Gasteiger partial charge is 0.321 e. The van der Waals surface area contributed by atoms with Crippen molar-refractivity contribution in [2.45, 2.75) is 27.2 Å². The van der Waals surface area contributed by atoms with E-state index < -0.39 is 0 Å². The molecule has 0 aliphatic heterocycles. The topological polar surface area (TPSA) is 76.4 Å². The Bertz CT molecular complexity index is 295. The number of hydrazine groups is 1. The molecule has 0 aliphatic carbocycles. The second-order valence-electron chi connectivity index (χ2n) is 2.67. The number of aryl methyl sites for hydroxylation is 1. The van der Waals surface area contributed by atoms with Crippen LogP contribution in [0.25, 0.3) is 0 Å². The van der Waals surface area contributed by atoms with Crippen LogP contribution in [0.4, 0.5) is 0 Å². The van der Waals surface area contributed by atoms with Crippen LogP contribution < -0.4 is 17.1 Å². The van der Waals surface area contributed by atoms with E-state index in [0.717, 1.165) is 12.0 Å². The van der Waals surface area contributed by atoms with E-state index in [1.807, 2.05) is 38.1 Å². The lowest BCUT2D eigenvalue weighted by molar-refractivity contribution is 1.00. The number of benzene rings is 1. The number of nitrogens with two attached hydrogens (primary N) is 2. The summed E-state index contributed by atoms with van der Waals surface area (Å²) < 4.78 is 0. The van der Waals surface area contributed by atoms with E-state index in [0.29, 0.717) is 5.84 Å². The highest BCUT2D eigenvalue weighted by Crippen LogP contribution is 2.04. The molecule has 1 aromatic carbocycles. The van der Waals surface area contributed by atoms with Gasteiger partial charge in [0.05, 0.1) is 0 Å². The standard InChI is InChI=1S/C9H14N4.C2H6.H2/c1-2-7-3-5-8(6-4-7)9(12-10)13-11;1-2;/h3-6H,2,10-11H2,1H3,(H,12,13);1-2H3;1H. The average molecular weight is 210 g/mol. The van der Waals surface area contributed by atoms with Gasteiger partial charge in [0.25, 0.3) is 0 Å². The van der Waals surface area contributed by atoms with Crippen LogP contribution in [-0.4, -0.2) is 5.84 Å². The van der Waals surface area contributed by atoms with Gasteiger partial charge in [-0.05, 0) is 12.0 Å². The molecule has 0 unspecified atom stereocenters. The van der Waals surface area contributed by atoms with Crippen LogP contribution in [0.2, 0.25) is 0 Å². The van der Waals surface area contributed by atoms with Crippen molar-refractivity contribution >= 4 is 5.84 Å². The van der Waals surface area contributed by atoms with E-state index in [2.05, 4.69) is 17.5 Å². The number of hydrogen-bond donors (Lipinski definition) is 3. The highest BCUT2D eigenvalue weighted by atomic mass is 15.3. The summed E-state index contributed by atoms with van der Waals surface area (Å²) in [5.41, 5.74) is 4.60. The molecule has 0 saturated carbocycles. The maximum Gasteiger partial charge on any atom is 0.166 e. The third kappa shape index (κ3) is 3.99. The van der Waals surface area contributed by atoms with Crippen LogP contribution in [-0.2, 0) is 6.42 Å². The molecule has 0 spiro atoms. The maximum absolute atomic E-state index is 5.23. The SMILES string of the molecule is CC.CCc1ccc(/C(=N/N)NN)cc1.[HH]. The van der Waals surface area contributed by atoms with Gasteiger partial charge in [-0.15, -0.1) is 0 Å². The number of hydrazone groups is 1. The molecule has 4 nitrogen and oxygen atoms in total. The maximum atomic E-state index is 5.23. The highest BCUT2D eigenvalue weighted by Gasteiger charge is 1.99. The van der Waals surface area contributed by atoms with Crippen LogP contribution in [0.1, 0.15) is 33.3 Å². The summed E-state index contributed by atoms with van der Waals surface area (Å²) in [6, 6.07) is 7.92. The molecule has 86 valence electrons. The van der Waals surface area contributed by atoms with Gasteiger partial charge in [-0.1, -0.05) is 45.0 Å². The Labute approximate surface area is 92.8 Å². The van der Waals surface area contributed by atoms with Crippen LogP contribution in [0, 0.1) is 0 Å². The first-order valence-corrected chi connectivity index (χ1v) is 5.15. The minimum absolute atomic E-state index is 0. The molecular weight excluding hydrogens is 188 g/mol. The van der Waals surface area contributed by atoms with E-state index in [-0.39, 0.29) is 1.43 Å². The fourth-order valence-corrected chi connectivity index (χ4v) is 1.09. The number of nitrogens with one attached hydrogen (secondary N) is 1. The molecule has 0 amide bonds. The Morgan fingerprint density at radius 3 is 2.20 bits per heavy atom. The van der Waals surface area contributed by atoms with Gasteiger partial charge in [0.1, 0.15) is 0 Å². The molecule has 0 bridgehead atoms. The fourth-order valence-electron chi connectivity index (χ4n) is 1.09. The van der Waals surface area contributed by atoms with Gasteiger partial charge < -0.3 is 11.3 Å². The van der Waals surface area contributed by atoms with Crippen molar-refractivity contribution in [3.63, 3.8) is 0 Å². The zero-order valence-electron chi connectivity index (χ0n) is 9.62. The zero-order valence-corrected chi connectivity index (χ0v) is 9.62. The molecule has 15 heavy (non-hydrogen) atoms. The second-order valence-corrected chi connectivity index (χ2v) is 2.67. The van der Waals surface area contributed by atoms with Gasteiger partial charge in [0, 0.05) is 6.99 Å². The van der Waals surface area contributed by atoms with Crippen molar-refractivity contribution in [1.29, 1.82) is 0 Å². The molecular formula is C11H22N4. The van der Waals surface area contributed by atoms with Gasteiger partial charge in [-0.3, -0.25) is 0 Å². The summed E-state index contributed by atoms with van der Waals surface area (Å²) in [4.78, 5) is 0. The van der Waals surface area contributed by atoms with Crippen LogP contribution >= 0.6 is 0 Å².